The number of hydrogen-bond acceptors (Lipinski definition) is 12. The lowest BCUT2D eigenvalue weighted by Crippen LogP contribution is -2.48. The van der Waals surface area contributed by atoms with Crippen LogP contribution in [0.5, 0.6) is 0 Å². The fourth-order valence-corrected chi connectivity index (χ4v) is 11.4. The molecule has 488 valence electrons. The first-order chi connectivity index (χ1) is 43.5. The van der Waals surface area contributed by atoms with E-state index in [1.807, 2.05) is 183 Å². The van der Waals surface area contributed by atoms with Crippen LogP contribution in [0.3, 0.4) is 0 Å². The fraction of sp³-hybridized carbons (Fsp3) is 0.270. The summed E-state index contributed by atoms with van der Waals surface area (Å²) in [7, 11) is 0. The molecule has 0 saturated carbocycles. The van der Waals surface area contributed by atoms with Crippen molar-refractivity contribution in [1.82, 2.24) is 10.2 Å². The van der Waals surface area contributed by atoms with Gasteiger partial charge in [-0.3, -0.25) is 33.7 Å². The smallest absolute Gasteiger partial charge is 0.320 e. The van der Waals surface area contributed by atoms with Crippen molar-refractivity contribution >= 4 is 113 Å². The van der Waals surface area contributed by atoms with E-state index >= 15 is 0 Å². The second kappa shape index (κ2) is 34.7. The number of aliphatic hydroxyl groups excluding tert-OH is 2. The molecule has 0 fully saturated rings. The molecule has 2 heterocycles. The summed E-state index contributed by atoms with van der Waals surface area (Å²) in [5.41, 5.74) is 9.31. The number of Topliss-reactive ketones (excluding diaryl/α,β-unsaturated/α-hetero) is 2. The molecule has 0 bridgehead atoms. The lowest BCUT2D eigenvalue weighted by atomic mass is 9.94. The number of ketones is 2. The summed E-state index contributed by atoms with van der Waals surface area (Å²) in [6.07, 6.45) is 0.290. The van der Waals surface area contributed by atoms with Crippen LogP contribution in [-0.4, -0.2) is 112 Å². The predicted octanol–water partition coefficient (Wildman–Crippen LogP) is 14.1. The van der Waals surface area contributed by atoms with Crippen LogP contribution in [0.25, 0.3) is 22.3 Å². The summed E-state index contributed by atoms with van der Waals surface area (Å²) in [6.45, 7) is 11.9. The number of hydrogen-bond donors (Lipinski definition) is 3. The number of carbonyl (C=O) groups excluding carboxylic acids is 6. The third kappa shape index (κ3) is 20.5. The number of aliphatic hydroxyl groups is 2. The molecule has 14 nitrogen and oxygen atoms in total. The molecule has 2 aliphatic heterocycles. The summed E-state index contributed by atoms with van der Waals surface area (Å²) in [5.74, 6) is -1.28. The molecule has 3 N–H and O–H groups in total. The number of nitrogens with zero attached hydrogens (tertiary/aromatic N) is 3. The van der Waals surface area contributed by atoms with Gasteiger partial charge in [-0.25, -0.2) is 0 Å². The Hall–Kier alpha value is -7.42. The molecule has 19 heteroatoms. The highest BCUT2D eigenvalue weighted by atomic mass is 79.9. The minimum Gasteiger partial charge on any atom is -0.459 e. The fourth-order valence-electron chi connectivity index (χ4n) is 10.7. The van der Waals surface area contributed by atoms with Crippen molar-refractivity contribution in [1.29, 1.82) is 0 Å². The highest BCUT2D eigenvalue weighted by molar-refractivity contribution is 9.09. The molecule has 10 rings (SSSR count). The van der Waals surface area contributed by atoms with E-state index in [9.17, 15) is 39.0 Å². The maximum atomic E-state index is 14.1. The highest BCUT2D eigenvalue weighted by Crippen LogP contribution is 2.34. The van der Waals surface area contributed by atoms with E-state index in [-0.39, 0.29) is 123 Å². The molecule has 8 aromatic rings. The number of para-hydroxylation sites is 2. The van der Waals surface area contributed by atoms with Crippen molar-refractivity contribution in [2.24, 2.45) is 0 Å². The SMILES string of the molecule is CC(C)(C)OC(=O)CBr.CC(C)(C)OC(=O)CN1Cc2ccccc2N(C(=O)c2ccc(CC(=O)c3ccccc3-c3ccccc3)cc2Cl)C[C@H]1CO.O=C(Cc1ccc(C(=O)N2C[C@@H](CO)NCc3ccccc32)c(Cl)c1)c1ccccc1-c1ccccc1.S.S. The van der Waals surface area contributed by atoms with Crippen LogP contribution in [0.15, 0.2) is 194 Å². The van der Waals surface area contributed by atoms with Gasteiger partial charge in [0.25, 0.3) is 11.8 Å². The van der Waals surface area contributed by atoms with Crippen LogP contribution >= 0.6 is 66.1 Å². The molecule has 2 amide bonds. The van der Waals surface area contributed by atoms with Crippen LogP contribution in [0.1, 0.15) is 105 Å². The van der Waals surface area contributed by atoms with Crippen LogP contribution in [0, 0.1) is 0 Å². The first-order valence-electron chi connectivity index (χ1n) is 29.9. The highest BCUT2D eigenvalue weighted by Gasteiger charge is 2.34. The number of esters is 2. The Bertz CT molecular complexity index is 3890. The number of amides is 2. The third-order valence-electron chi connectivity index (χ3n) is 14.9. The molecular weight excluding hydrogens is 1320 g/mol. The molecule has 0 saturated heterocycles. The lowest BCUT2D eigenvalue weighted by molar-refractivity contribution is -0.157. The Morgan fingerprint density at radius 1 is 0.516 bits per heavy atom. The van der Waals surface area contributed by atoms with Crippen molar-refractivity contribution in [3.8, 4) is 22.3 Å². The normalized spacial score (nSPS) is 14.4. The Morgan fingerprint density at radius 2 is 0.935 bits per heavy atom. The third-order valence-corrected chi connectivity index (χ3v) is 16.0. The number of fused-ring (bicyclic) bond motifs is 2. The van der Waals surface area contributed by atoms with Gasteiger partial charge < -0.3 is 34.8 Å². The molecule has 0 spiro atoms. The Kier molecular flexibility index (Phi) is 27.8. The van der Waals surface area contributed by atoms with Gasteiger partial charge in [0.1, 0.15) is 16.5 Å². The average molecular weight is 1400 g/mol. The number of ether oxygens (including phenoxy) is 2. The van der Waals surface area contributed by atoms with Gasteiger partial charge in [-0.2, -0.15) is 27.0 Å². The van der Waals surface area contributed by atoms with Gasteiger partial charge in [0, 0.05) is 67.6 Å². The average Bonchev–Trinajstić information content (AvgIpc) is 1.86. The monoisotopic (exact) mass is 1400 g/mol. The summed E-state index contributed by atoms with van der Waals surface area (Å²) in [6, 6.07) is 59.3. The van der Waals surface area contributed by atoms with E-state index in [4.69, 9.17) is 32.7 Å². The minimum atomic E-state index is -0.643. The standard InChI is InChI=1S/C37H37ClN2O5.C31H27ClN2O3.C6H11BrO2.2H2S/c1-37(2,3)45-35(43)23-39-21-27-13-7-10-16-33(27)40(22-28(39)24-41)36(44)31-18-17-25(19-32(31)38)20-34(42)30-15-9-8-14-29(30)26-11-5-4-6-12-26;32-28-16-21(17-30(36)26-12-6-5-11-25(26)22-8-2-1-3-9-22)14-15-27(28)31(37)34-19-24(20-35)33-18-23-10-4-7-13-29(23)34;1-6(2,3)9-5(8)4-7;;/h4-19,28,41H,20-24H2,1-3H3;1-16,24,33,35H,17-20H2;4H2,1-3H3;2*1H2/t28-;24-;;;/m00.../s1. The zero-order chi connectivity index (χ0) is 65.4. The van der Waals surface area contributed by atoms with Gasteiger partial charge in [0.2, 0.25) is 0 Å². The number of anilines is 2. The van der Waals surface area contributed by atoms with Crippen LogP contribution in [-0.2, 0) is 45.0 Å². The molecule has 93 heavy (non-hydrogen) atoms. The first kappa shape index (κ1) is 74.6. The van der Waals surface area contributed by atoms with Crippen molar-refractivity contribution in [3.05, 3.63) is 249 Å². The molecular formula is C74H79BrCl2N4O10S2. The number of alkyl halides is 1. The van der Waals surface area contributed by atoms with Gasteiger partial charge in [-0.1, -0.05) is 197 Å². The largest absolute Gasteiger partial charge is 0.459 e. The van der Waals surface area contributed by atoms with Crippen molar-refractivity contribution in [2.75, 3.05) is 48.0 Å². The molecule has 2 atom stereocenters. The van der Waals surface area contributed by atoms with Crippen molar-refractivity contribution in [2.45, 2.75) is 90.8 Å². The van der Waals surface area contributed by atoms with Gasteiger partial charge in [0.05, 0.1) is 47.0 Å². The zero-order valence-corrected chi connectivity index (χ0v) is 57.9. The molecule has 2 aliphatic rings. The van der Waals surface area contributed by atoms with E-state index in [0.717, 1.165) is 44.6 Å². The zero-order valence-electron chi connectivity index (χ0n) is 52.8. The molecule has 0 unspecified atom stereocenters. The molecule has 8 aromatic carbocycles. The van der Waals surface area contributed by atoms with E-state index in [2.05, 4.69) is 21.2 Å². The Morgan fingerprint density at radius 3 is 1.38 bits per heavy atom. The van der Waals surface area contributed by atoms with Crippen LogP contribution in [0.4, 0.5) is 11.4 Å². The summed E-state index contributed by atoms with van der Waals surface area (Å²) in [5, 5.41) is 24.2. The van der Waals surface area contributed by atoms with E-state index < -0.39 is 17.6 Å². The Labute approximate surface area is 577 Å². The second-order valence-corrected chi connectivity index (χ2v) is 25.4. The minimum absolute atomic E-state index is 0. The van der Waals surface area contributed by atoms with Crippen LogP contribution < -0.4 is 15.1 Å². The maximum Gasteiger partial charge on any atom is 0.320 e. The second-order valence-electron chi connectivity index (χ2n) is 24.0. The quantitative estimate of drug-likeness (QED) is 0.0502. The molecule has 0 radical (unpaired) electrons. The summed E-state index contributed by atoms with van der Waals surface area (Å²) >= 11 is 16.3. The Balaban J connectivity index is 0.000000259. The number of halogens is 3. The maximum absolute atomic E-state index is 14.1. The topological polar surface area (TPSA) is 183 Å². The summed E-state index contributed by atoms with van der Waals surface area (Å²) < 4.78 is 10.4. The first-order valence-corrected chi connectivity index (χ1v) is 31.8. The molecule has 0 aromatic heterocycles. The van der Waals surface area contributed by atoms with Gasteiger partial charge in [0.15, 0.2) is 11.6 Å². The van der Waals surface area contributed by atoms with Crippen molar-refractivity contribution in [3.63, 3.8) is 0 Å². The number of benzene rings is 8. The number of carbonyl (C=O) groups is 6. The number of nitrogens with one attached hydrogen (secondary N) is 1. The van der Waals surface area contributed by atoms with E-state index in [0.29, 0.717) is 52.6 Å². The van der Waals surface area contributed by atoms with E-state index in [1.54, 1.807) is 67.0 Å². The van der Waals surface area contributed by atoms with Crippen LogP contribution in [0.2, 0.25) is 10.0 Å². The van der Waals surface area contributed by atoms with Gasteiger partial charge in [-0.05, 0) is 122 Å². The van der Waals surface area contributed by atoms with Gasteiger partial charge in [-0.15, -0.1) is 0 Å². The van der Waals surface area contributed by atoms with Crippen molar-refractivity contribution < 1.29 is 48.5 Å². The number of rotatable bonds is 15. The lowest BCUT2D eigenvalue weighted by Gasteiger charge is -2.31. The molecule has 0 aliphatic carbocycles. The summed E-state index contributed by atoms with van der Waals surface area (Å²) in [4.78, 5) is 82.8. The van der Waals surface area contributed by atoms with E-state index in [1.165, 1.54) is 0 Å². The predicted molar refractivity (Wildman–Crippen MR) is 384 cm³/mol. The van der Waals surface area contributed by atoms with Gasteiger partial charge >= 0.3 is 11.9 Å².